The average Bonchev–Trinajstić information content (AvgIpc) is 2.24. The molecule has 0 saturated heterocycles. The summed E-state index contributed by atoms with van der Waals surface area (Å²) in [6.07, 6.45) is 1.74. The first-order chi connectivity index (χ1) is 7.25. The van der Waals surface area contributed by atoms with E-state index in [1.807, 2.05) is 6.07 Å². The van der Waals surface area contributed by atoms with Gasteiger partial charge in [0, 0.05) is 19.9 Å². The summed E-state index contributed by atoms with van der Waals surface area (Å²) in [5, 5.41) is 0. The fourth-order valence-electron chi connectivity index (χ4n) is 1.09. The molecule has 5 heteroatoms. The van der Waals surface area contributed by atoms with Crippen molar-refractivity contribution in [3.63, 3.8) is 0 Å². The summed E-state index contributed by atoms with van der Waals surface area (Å²) >= 11 is 3.19. The minimum Gasteiger partial charge on any atom is -0.382 e. The van der Waals surface area contributed by atoms with Crippen LogP contribution in [-0.2, 0) is 16.0 Å². The van der Waals surface area contributed by atoms with E-state index in [9.17, 15) is 4.79 Å². The highest BCUT2D eigenvalue weighted by atomic mass is 79.9. The zero-order valence-electron chi connectivity index (χ0n) is 8.61. The Morgan fingerprint density at radius 2 is 2.20 bits per heavy atom. The second-order valence-electron chi connectivity index (χ2n) is 2.96. The third kappa shape index (κ3) is 4.15. The molecule has 4 nitrogen and oxygen atoms in total. The number of nitrogens with zero attached hydrogens (tertiary/aromatic N) is 1. The summed E-state index contributed by atoms with van der Waals surface area (Å²) in [6, 6.07) is 3.55. The molecule has 15 heavy (non-hydrogen) atoms. The van der Waals surface area contributed by atoms with Gasteiger partial charge in [-0.25, -0.2) is 0 Å². The van der Waals surface area contributed by atoms with Crippen molar-refractivity contribution in [2.75, 3.05) is 26.9 Å². The molecule has 84 valence electrons. The summed E-state index contributed by atoms with van der Waals surface area (Å²) in [5.41, 5.74) is -0.0344. The maximum absolute atomic E-state index is 11.5. The molecule has 0 atom stereocenters. The van der Waals surface area contributed by atoms with E-state index in [1.165, 1.54) is 0 Å². The standard InChI is InChI=1S/C10H14BrNO3/c1-14-7-8-15-6-5-12-4-2-3-9(11)10(12)13/h2-4H,5-8H2,1H3. The molecule has 0 bridgehead atoms. The van der Waals surface area contributed by atoms with Crippen molar-refractivity contribution in [2.45, 2.75) is 6.54 Å². The first-order valence-electron chi connectivity index (χ1n) is 4.67. The number of pyridine rings is 1. The number of hydrogen-bond acceptors (Lipinski definition) is 3. The molecule has 1 rings (SSSR count). The smallest absolute Gasteiger partial charge is 0.264 e. The van der Waals surface area contributed by atoms with E-state index < -0.39 is 0 Å². The predicted octanol–water partition coefficient (Wildman–Crippen LogP) is 1.27. The van der Waals surface area contributed by atoms with Gasteiger partial charge in [-0.3, -0.25) is 4.79 Å². The van der Waals surface area contributed by atoms with Gasteiger partial charge in [0.05, 0.1) is 24.3 Å². The molecule has 0 fully saturated rings. The van der Waals surface area contributed by atoms with E-state index in [0.29, 0.717) is 30.8 Å². The molecule has 0 spiro atoms. The average molecular weight is 276 g/mol. The number of methoxy groups -OCH3 is 1. The highest BCUT2D eigenvalue weighted by Crippen LogP contribution is 2.00. The van der Waals surface area contributed by atoms with E-state index >= 15 is 0 Å². The molecule has 0 aliphatic carbocycles. The summed E-state index contributed by atoms with van der Waals surface area (Å²) < 4.78 is 12.3. The minimum atomic E-state index is -0.0344. The Hall–Kier alpha value is -0.650. The minimum absolute atomic E-state index is 0.0344. The molecule has 0 N–H and O–H groups in total. The zero-order valence-corrected chi connectivity index (χ0v) is 10.2. The topological polar surface area (TPSA) is 40.5 Å². The molecule has 0 unspecified atom stereocenters. The Morgan fingerprint density at radius 1 is 1.40 bits per heavy atom. The van der Waals surface area contributed by atoms with Crippen LogP contribution in [0.25, 0.3) is 0 Å². The maximum atomic E-state index is 11.5. The third-order valence-corrected chi connectivity index (χ3v) is 2.49. The second kappa shape index (κ2) is 6.76. The normalized spacial score (nSPS) is 10.5. The lowest BCUT2D eigenvalue weighted by molar-refractivity contribution is 0.0662. The Kier molecular flexibility index (Phi) is 5.60. The number of ether oxygens (including phenoxy) is 2. The molecule has 1 aromatic heterocycles. The lowest BCUT2D eigenvalue weighted by atomic mass is 10.4. The van der Waals surface area contributed by atoms with Gasteiger partial charge in [0.2, 0.25) is 0 Å². The lowest BCUT2D eigenvalue weighted by Gasteiger charge is -2.06. The van der Waals surface area contributed by atoms with Gasteiger partial charge in [0.25, 0.3) is 5.56 Å². The van der Waals surface area contributed by atoms with Crippen LogP contribution >= 0.6 is 15.9 Å². The van der Waals surface area contributed by atoms with Crippen LogP contribution in [0.15, 0.2) is 27.6 Å². The SMILES string of the molecule is COCCOCCn1cccc(Br)c1=O. The van der Waals surface area contributed by atoms with E-state index in [1.54, 1.807) is 23.9 Å². The van der Waals surface area contributed by atoms with Crippen molar-refractivity contribution in [3.8, 4) is 0 Å². The van der Waals surface area contributed by atoms with Crippen LogP contribution in [0.4, 0.5) is 0 Å². The van der Waals surface area contributed by atoms with Crippen LogP contribution in [0.3, 0.4) is 0 Å². The Bertz CT molecular complexity index is 351. The van der Waals surface area contributed by atoms with E-state index in [-0.39, 0.29) is 5.56 Å². The number of aromatic nitrogens is 1. The summed E-state index contributed by atoms with van der Waals surface area (Å²) in [6.45, 7) is 2.20. The molecule has 0 aromatic carbocycles. The molecule has 1 aromatic rings. The quantitative estimate of drug-likeness (QED) is 0.735. The van der Waals surface area contributed by atoms with Crippen molar-refractivity contribution < 1.29 is 9.47 Å². The van der Waals surface area contributed by atoms with Gasteiger partial charge < -0.3 is 14.0 Å². The van der Waals surface area contributed by atoms with Gasteiger partial charge >= 0.3 is 0 Å². The number of hydrogen-bond donors (Lipinski definition) is 0. The maximum Gasteiger partial charge on any atom is 0.264 e. The molecule has 0 saturated carbocycles. The van der Waals surface area contributed by atoms with Gasteiger partial charge in [-0.1, -0.05) is 0 Å². The predicted molar refractivity (Wildman–Crippen MR) is 61.1 cm³/mol. The fourth-order valence-corrected chi connectivity index (χ4v) is 1.47. The third-order valence-electron chi connectivity index (χ3n) is 1.88. The van der Waals surface area contributed by atoms with Gasteiger partial charge in [0.1, 0.15) is 0 Å². The van der Waals surface area contributed by atoms with Crippen LogP contribution in [0, 0.1) is 0 Å². The van der Waals surface area contributed by atoms with Crippen molar-refractivity contribution in [3.05, 3.63) is 33.2 Å². The second-order valence-corrected chi connectivity index (χ2v) is 3.81. The summed E-state index contributed by atoms with van der Waals surface area (Å²) in [5.74, 6) is 0. The van der Waals surface area contributed by atoms with Crippen LogP contribution in [0.5, 0.6) is 0 Å². The highest BCUT2D eigenvalue weighted by Gasteiger charge is 1.98. The van der Waals surface area contributed by atoms with Crippen LogP contribution in [0.1, 0.15) is 0 Å². The van der Waals surface area contributed by atoms with Gasteiger partial charge in [0.15, 0.2) is 0 Å². The van der Waals surface area contributed by atoms with Crippen molar-refractivity contribution in [1.29, 1.82) is 0 Å². The lowest BCUT2D eigenvalue weighted by Crippen LogP contribution is -2.22. The Labute approximate surface area is 96.9 Å². The summed E-state index contributed by atoms with van der Waals surface area (Å²) in [4.78, 5) is 11.5. The van der Waals surface area contributed by atoms with Crippen LogP contribution in [0.2, 0.25) is 0 Å². The molecule has 0 radical (unpaired) electrons. The zero-order chi connectivity index (χ0) is 11.1. The van der Waals surface area contributed by atoms with Gasteiger partial charge in [-0.05, 0) is 28.1 Å². The first kappa shape index (κ1) is 12.4. The van der Waals surface area contributed by atoms with Gasteiger partial charge in [-0.15, -0.1) is 0 Å². The van der Waals surface area contributed by atoms with E-state index in [2.05, 4.69) is 15.9 Å². The van der Waals surface area contributed by atoms with E-state index in [4.69, 9.17) is 9.47 Å². The molecule has 1 heterocycles. The van der Waals surface area contributed by atoms with Crippen molar-refractivity contribution in [2.24, 2.45) is 0 Å². The first-order valence-corrected chi connectivity index (χ1v) is 5.46. The number of halogens is 1. The molecular weight excluding hydrogens is 262 g/mol. The molecule has 0 amide bonds. The highest BCUT2D eigenvalue weighted by molar-refractivity contribution is 9.10. The fraction of sp³-hybridized carbons (Fsp3) is 0.500. The number of rotatable bonds is 6. The molecule has 0 aliphatic heterocycles. The van der Waals surface area contributed by atoms with Crippen molar-refractivity contribution in [1.82, 2.24) is 4.57 Å². The van der Waals surface area contributed by atoms with Crippen LogP contribution < -0.4 is 5.56 Å². The van der Waals surface area contributed by atoms with Crippen LogP contribution in [-0.4, -0.2) is 31.5 Å². The molecular formula is C10H14BrNO3. The Balaban J connectivity index is 2.38. The largest absolute Gasteiger partial charge is 0.382 e. The Morgan fingerprint density at radius 3 is 2.93 bits per heavy atom. The van der Waals surface area contributed by atoms with Gasteiger partial charge in [-0.2, -0.15) is 0 Å². The monoisotopic (exact) mass is 275 g/mol. The summed E-state index contributed by atoms with van der Waals surface area (Å²) in [7, 11) is 1.63. The molecule has 0 aliphatic rings. The van der Waals surface area contributed by atoms with Crippen molar-refractivity contribution >= 4 is 15.9 Å². The van der Waals surface area contributed by atoms with E-state index in [0.717, 1.165) is 0 Å².